The number of rotatable bonds is 3. The number of carboxylic acid groups (broad SMARTS) is 1. The van der Waals surface area contributed by atoms with Gasteiger partial charge in [0.05, 0.1) is 0 Å². The Morgan fingerprint density at radius 1 is 1.24 bits per heavy atom. The van der Waals surface area contributed by atoms with E-state index in [1.807, 2.05) is 0 Å². The SMILES string of the molecule is CN1CCN(C(=O)N[C@H](C(=O)O)c2ccccc2)CC1=O. The van der Waals surface area contributed by atoms with Gasteiger partial charge in [-0.05, 0) is 5.56 Å². The van der Waals surface area contributed by atoms with Gasteiger partial charge in [0.1, 0.15) is 6.54 Å². The van der Waals surface area contributed by atoms with Crippen LogP contribution < -0.4 is 5.32 Å². The van der Waals surface area contributed by atoms with E-state index in [1.165, 1.54) is 9.80 Å². The van der Waals surface area contributed by atoms with Crippen molar-refractivity contribution in [2.75, 3.05) is 26.7 Å². The molecule has 7 heteroatoms. The molecule has 2 rings (SSSR count). The lowest BCUT2D eigenvalue weighted by molar-refractivity contribution is -0.139. The van der Waals surface area contributed by atoms with Gasteiger partial charge in [-0.3, -0.25) is 4.79 Å². The van der Waals surface area contributed by atoms with Gasteiger partial charge < -0.3 is 20.2 Å². The Bertz CT molecular complexity index is 546. The van der Waals surface area contributed by atoms with Gasteiger partial charge in [0.2, 0.25) is 5.91 Å². The van der Waals surface area contributed by atoms with E-state index >= 15 is 0 Å². The number of aliphatic carboxylic acids is 1. The molecule has 0 unspecified atom stereocenters. The van der Waals surface area contributed by atoms with Crippen LogP contribution in [0.5, 0.6) is 0 Å². The summed E-state index contributed by atoms with van der Waals surface area (Å²) in [6.07, 6.45) is 0. The van der Waals surface area contributed by atoms with E-state index in [2.05, 4.69) is 5.32 Å². The number of carbonyl (C=O) groups is 3. The first-order chi connectivity index (χ1) is 9.99. The minimum atomic E-state index is -1.14. The Balaban J connectivity index is 2.06. The van der Waals surface area contributed by atoms with E-state index in [0.717, 1.165) is 0 Å². The second-order valence-corrected chi connectivity index (χ2v) is 4.87. The van der Waals surface area contributed by atoms with Crippen LogP contribution in [0.4, 0.5) is 4.79 Å². The largest absolute Gasteiger partial charge is 0.479 e. The van der Waals surface area contributed by atoms with Crippen LogP contribution in [-0.2, 0) is 9.59 Å². The molecule has 7 nitrogen and oxygen atoms in total. The predicted molar refractivity (Wildman–Crippen MR) is 74.6 cm³/mol. The first-order valence-electron chi connectivity index (χ1n) is 6.56. The van der Waals surface area contributed by atoms with Gasteiger partial charge in [0, 0.05) is 20.1 Å². The number of benzene rings is 1. The summed E-state index contributed by atoms with van der Waals surface area (Å²) in [5, 5.41) is 11.7. The second-order valence-electron chi connectivity index (χ2n) is 4.87. The highest BCUT2D eigenvalue weighted by Gasteiger charge is 2.28. The Morgan fingerprint density at radius 2 is 1.90 bits per heavy atom. The number of hydrogen-bond acceptors (Lipinski definition) is 3. The van der Waals surface area contributed by atoms with E-state index in [4.69, 9.17) is 0 Å². The van der Waals surface area contributed by atoms with Gasteiger partial charge >= 0.3 is 12.0 Å². The molecule has 0 aromatic heterocycles. The van der Waals surface area contributed by atoms with Crippen LogP contribution >= 0.6 is 0 Å². The fraction of sp³-hybridized carbons (Fsp3) is 0.357. The van der Waals surface area contributed by atoms with E-state index in [-0.39, 0.29) is 12.5 Å². The minimum absolute atomic E-state index is 0.0382. The highest BCUT2D eigenvalue weighted by atomic mass is 16.4. The Kier molecular flexibility index (Phi) is 4.42. The van der Waals surface area contributed by atoms with Crippen molar-refractivity contribution in [3.05, 3.63) is 35.9 Å². The summed E-state index contributed by atoms with van der Waals surface area (Å²) in [4.78, 5) is 37.9. The lowest BCUT2D eigenvalue weighted by Crippen LogP contribution is -2.54. The maximum Gasteiger partial charge on any atom is 0.330 e. The molecule has 0 aliphatic carbocycles. The maximum atomic E-state index is 12.1. The molecular weight excluding hydrogens is 274 g/mol. The third-order valence-corrected chi connectivity index (χ3v) is 3.39. The number of urea groups is 1. The van der Waals surface area contributed by atoms with Gasteiger partial charge in [-0.2, -0.15) is 0 Å². The van der Waals surface area contributed by atoms with Gasteiger partial charge in [-0.15, -0.1) is 0 Å². The zero-order valence-electron chi connectivity index (χ0n) is 11.7. The van der Waals surface area contributed by atoms with Crippen molar-refractivity contribution >= 4 is 17.9 Å². The standard InChI is InChI=1S/C14H17N3O4/c1-16-7-8-17(9-11(16)18)14(21)15-12(13(19)20)10-5-3-2-4-6-10/h2-6,12H,7-9H2,1H3,(H,15,21)(H,19,20)/t12-/m0/s1. The molecule has 21 heavy (non-hydrogen) atoms. The summed E-state index contributed by atoms with van der Waals surface area (Å²) in [5.41, 5.74) is 0.485. The Labute approximate surface area is 122 Å². The summed E-state index contributed by atoms with van der Waals surface area (Å²) in [6, 6.07) is 6.76. The molecule has 1 aromatic carbocycles. The number of nitrogens with zero attached hydrogens (tertiary/aromatic N) is 2. The summed E-state index contributed by atoms with van der Waals surface area (Å²) < 4.78 is 0. The third kappa shape index (κ3) is 3.50. The van der Waals surface area contributed by atoms with Crippen LogP contribution in [0.15, 0.2) is 30.3 Å². The van der Waals surface area contributed by atoms with Gasteiger partial charge in [0.25, 0.3) is 0 Å². The molecule has 1 aliphatic rings. The number of likely N-dealkylation sites (N-methyl/N-ethyl adjacent to an activating group) is 1. The van der Waals surface area contributed by atoms with Gasteiger partial charge in [-0.25, -0.2) is 9.59 Å². The van der Waals surface area contributed by atoms with Crippen molar-refractivity contribution in [2.45, 2.75) is 6.04 Å². The van der Waals surface area contributed by atoms with Crippen LogP contribution in [0.1, 0.15) is 11.6 Å². The molecule has 1 heterocycles. The third-order valence-electron chi connectivity index (χ3n) is 3.39. The monoisotopic (exact) mass is 291 g/mol. The van der Waals surface area contributed by atoms with Crippen molar-refractivity contribution in [2.24, 2.45) is 0 Å². The molecule has 112 valence electrons. The Hall–Kier alpha value is -2.57. The van der Waals surface area contributed by atoms with Crippen molar-refractivity contribution in [3.8, 4) is 0 Å². The number of hydrogen-bond donors (Lipinski definition) is 2. The fourth-order valence-electron chi connectivity index (χ4n) is 2.08. The molecule has 0 radical (unpaired) electrons. The molecule has 2 N–H and O–H groups in total. The lowest BCUT2D eigenvalue weighted by Gasteiger charge is -2.32. The molecular formula is C14H17N3O4. The second kappa shape index (κ2) is 6.25. The molecule has 0 spiro atoms. The minimum Gasteiger partial charge on any atom is -0.479 e. The van der Waals surface area contributed by atoms with Crippen molar-refractivity contribution < 1.29 is 19.5 Å². The van der Waals surface area contributed by atoms with Gasteiger partial charge in [0.15, 0.2) is 6.04 Å². The van der Waals surface area contributed by atoms with Crippen LogP contribution in [0.25, 0.3) is 0 Å². The van der Waals surface area contributed by atoms with Gasteiger partial charge in [-0.1, -0.05) is 30.3 Å². The number of carboxylic acids is 1. The van der Waals surface area contributed by atoms with E-state index in [0.29, 0.717) is 18.7 Å². The summed E-state index contributed by atoms with van der Waals surface area (Å²) in [7, 11) is 1.67. The quantitative estimate of drug-likeness (QED) is 0.838. The summed E-state index contributed by atoms with van der Waals surface area (Å²) >= 11 is 0. The van der Waals surface area contributed by atoms with Crippen LogP contribution in [0, 0.1) is 0 Å². The van der Waals surface area contributed by atoms with Crippen LogP contribution in [0.3, 0.4) is 0 Å². The van der Waals surface area contributed by atoms with Crippen molar-refractivity contribution in [1.29, 1.82) is 0 Å². The molecule has 1 atom stereocenters. The summed E-state index contributed by atoms with van der Waals surface area (Å²) in [5.74, 6) is -1.31. The number of carbonyl (C=O) groups excluding carboxylic acids is 2. The van der Waals surface area contributed by atoms with Crippen LogP contribution in [0.2, 0.25) is 0 Å². The average molecular weight is 291 g/mol. The normalized spacial score (nSPS) is 16.5. The maximum absolute atomic E-state index is 12.1. The zero-order chi connectivity index (χ0) is 15.4. The molecule has 1 fully saturated rings. The molecule has 3 amide bonds. The zero-order valence-corrected chi connectivity index (χ0v) is 11.7. The predicted octanol–water partition coefficient (Wildman–Crippen LogP) is 0.296. The molecule has 0 saturated carbocycles. The fourth-order valence-corrected chi connectivity index (χ4v) is 2.08. The summed E-state index contributed by atoms with van der Waals surface area (Å²) in [6.45, 7) is 0.786. The highest BCUT2D eigenvalue weighted by molar-refractivity contribution is 5.88. The Morgan fingerprint density at radius 3 is 2.48 bits per heavy atom. The lowest BCUT2D eigenvalue weighted by atomic mass is 10.1. The first-order valence-corrected chi connectivity index (χ1v) is 6.56. The van der Waals surface area contributed by atoms with Crippen LogP contribution in [-0.4, -0.2) is 59.5 Å². The topological polar surface area (TPSA) is 89.9 Å². The van der Waals surface area contributed by atoms with Crippen molar-refractivity contribution in [1.82, 2.24) is 15.1 Å². The number of amides is 3. The smallest absolute Gasteiger partial charge is 0.330 e. The van der Waals surface area contributed by atoms with E-state index in [9.17, 15) is 19.5 Å². The molecule has 1 saturated heterocycles. The highest BCUT2D eigenvalue weighted by Crippen LogP contribution is 2.13. The molecule has 0 bridgehead atoms. The first kappa shape index (κ1) is 14.8. The number of piperazine rings is 1. The molecule has 1 aromatic rings. The molecule has 1 aliphatic heterocycles. The van der Waals surface area contributed by atoms with E-state index < -0.39 is 18.0 Å². The van der Waals surface area contributed by atoms with Crippen molar-refractivity contribution in [3.63, 3.8) is 0 Å². The number of nitrogens with one attached hydrogen (secondary N) is 1. The van der Waals surface area contributed by atoms with E-state index in [1.54, 1.807) is 37.4 Å². The average Bonchev–Trinajstić information content (AvgIpc) is 2.48.